The normalized spacial score (nSPS) is 10.8. The number of carboxylic acid groups (broad SMARTS) is 1. The predicted octanol–water partition coefficient (Wildman–Crippen LogP) is 5.18. The third-order valence-electron chi connectivity index (χ3n) is 2.76. The van der Waals surface area contributed by atoms with Gasteiger partial charge in [0.1, 0.15) is 0 Å². The second kappa shape index (κ2) is 5.63. The summed E-state index contributed by atoms with van der Waals surface area (Å²) in [6.45, 7) is 0. The summed E-state index contributed by atoms with van der Waals surface area (Å²) in [6, 6.07) is 8.87. The molecule has 0 aliphatic carbocycles. The average Bonchev–Trinajstić information content (AvgIpc) is 3.09. The number of carboxylic acids is 1. The van der Waals surface area contributed by atoms with Gasteiger partial charge in [-0.15, -0.1) is 11.3 Å². The summed E-state index contributed by atoms with van der Waals surface area (Å²) in [5.41, 5.74) is 0.331. The molecule has 0 aliphatic rings. The summed E-state index contributed by atoms with van der Waals surface area (Å²) >= 11 is 10.9. The fraction of sp³-hybridized carbons (Fsp3) is 0. The molecule has 0 aliphatic heterocycles. The lowest BCUT2D eigenvalue weighted by Crippen LogP contribution is -1.99. The van der Waals surface area contributed by atoms with Crippen molar-refractivity contribution in [2.75, 3.05) is 0 Å². The van der Waals surface area contributed by atoms with Crippen LogP contribution in [0.15, 0.2) is 44.6 Å². The van der Waals surface area contributed by atoms with Gasteiger partial charge in [0.15, 0.2) is 11.5 Å². The van der Waals surface area contributed by atoms with Gasteiger partial charge in [-0.1, -0.05) is 23.7 Å². The first kappa shape index (κ1) is 14.3. The third kappa shape index (κ3) is 2.62. The molecule has 2 heterocycles. The number of benzene rings is 1. The highest BCUT2D eigenvalue weighted by Gasteiger charge is 2.24. The molecule has 3 aromatic rings. The highest BCUT2D eigenvalue weighted by Crippen LogP contribution is 2.38. The van der Waals surface area contributed by atoms with E-state index in [1.165, 1.54) is 11.3 Å². The summed E-state index contributed by atoms with van der Waals surface area (Å²) in [6.07, 6.45) is 0. The van der Waals surface area contributed by atoms with Crippen LogP contribution in [0.4, 0.5) is 0 Å². The Balaban J connectivity index is 2.22. The Morgan fingerprint density at radius 1 is 1.33 bits per heavy atom. The van der Waals surface area contributed by atoms with Crippen LogP contribution in [0.1, 0.15) is 10.5 Å². The molecule has 0 bridgehead atoms. The standard InChI is InChI=1S/C14H7BrClNO3S/c15-8-4-1-3-7(10(8)16)12-11(14(18)19)17-13(20-12)9-5-2-6-21-9/h1-6H,(H,18,19). The number of thiophene rings is 1. The van der Waals surface area contributed by atoms with Crippen LogP contribution in [-0.2, 0) is 0 Å². The highest BCUT2D eigenvalue weighted by molar-refractivity contribution is 9.10. The predicted molar refractivity (Wildman–Crippen MR) is 84.9 cm³/mol. The Hall–Kier alpha value is -1.63. The van der Waals surface area contributed by atoms with Gasteiger partial charge in [0, 0.05) is 10.0 Å². The zero-order chi connectivity index (χ0) is 15.0. The van der Waals surface area contributed by atoms with Gasteiger partial charge in [0.05, 0.1) is 9.90 Å². The van der Waals surface area contributed by atoms with Crippen molar-refractivity contribution in [3.8, 4) is 22.1 Å². The van der Waals surface area contributed by atoms with Crippen LogP contribution in [-0.4, -0.2) is 16.1 Å². The number of aromatic nitrogens is 1. The minimum absolute atomic E-state index is 0.150. The molecule has 3 rings (SSSR count). The Morgan fingerprint density at radius 3 is 2.81 bits per heavy atom. The van der Waals surface area contributed by atoms with Gasteiger partial charge in [0.25, 0.3) is 0 Å². The second-order valence-corrected chi connectivity index (χ2v) is 6.26. The maximum absolute atomic E-state index is 11.4. The summed E-state index contributed by atoms with van der Waals surface area (Å²) < 4.78 is 6.31. The van der Waals surface area contributed by atoms with Gasteiger partial charge in [-0.3, -0.25) is 0 Å². The molecule has 7 heteroatoms. The van der Waals surface area contributed by atoms with Crippen LogP contribution >= 0.6 is 38.9 Å². The van der Waals surface area contributed by atoms with E-state index in [2.05, 4.69) is 20.9 Å². The first-order valence-corrected chi connectivity index (χ1v) is 7.85. The lowest BCUT2D eigenvalue weighted by Gasteiger charge is -2.03. The molecule has 21 heavy (non-hydrogen) atoms. The maximum Gasteiger partial charge on any atom is 0.358 e. The van der Waals surface area contributed by atoms with E-state index in [4.69, 9.17) is 16.0 Å². The number of nitrogens with zero attached hydrogens (tertiary/aromatic N) is 1. The molecule has 4 nitrogen and oxygen atoms in total. The fourth-order valence-electron chi connectivity index (χ4n) is 1.83. The second-order valence-electron chi connectivity index (χ2n) is 4.08. The van der Waals surface area contributed by atoms with E-state index >= 15 is 0 Å². The summed E-state index contributed by atoms with van der Waals surface area (Å²) in [5, 5.41) is 11.6. The number of halogens is 2. The number of oxazole rings is 1. The molecule has 2 aromatic heterocycles. The molecule has 1 N–H and O–H groups in total. The SMILES string of the molecule is O=C(O)c1nc(-c2cccs2)oc1-c1cccc(Br)c1Cl. The first-order chi connectivity index (χ1) is 10.1. The van der Waals surface area contributed by atoms with Crippen molar-refractivity contribution in [2.24, 2.45) is 0 Å². The molecule has 1 aromatic carbocycles. The molecule has 0 atom stereocenters. The average molecular weight is 385 g/mol. The summed E-state index contributed by atoms with van der Waals surface area (Å²) in [4.78, 5) is 16.2. The monoisotopic (exact) mass is 383 g/mol. The Kier molecular flexibility index (Phi) is 3.84. The minimum Gasteiger partial charge on any atom is -0.476 e. The van der Waals surface area contributed by atoms with Gasteiger partial charge in [0.2, 0.25) is 5.89 Å². The summed E-state index contributed by atoms with van der Waals surface area (Å²) in [5.74, 6) is -0.738. The van der Waals surface area contributed by atoms with Crippen molar-refractivity contribution in [1.82, 2.24) is 4.98 Å². The number of rotatable bonds is 3. The van der Waals surface area contributed by atoms with Crippen LogP contribution in [0.2, 0.25) is 5.02 Å². The van der Waals surface area contributed by atoms with Crippen molar-refractivity contribution >= 4 is 44.8 Å². The van der Waals surface area contributed by atoms with E-state index in [0.29, 0.717) is 15.1 Å². The van der Waals surface area contributed by atoms with Crippen LogP contribution in [0.3, 0.4) is 0 Å². The topological polar surface area (TPSA) is 63.3 Å². The van der Waals surface area contributed by atoms with Crippen LogP contribution in [0.25, 0.3) is 22.1 Å². The Morgan fingerprint density at radius 2 is 2.14 bits per heavy atom. The molecule has 0 amide bonds. The van der Waals surface area contributed by atoms with Gasteiger partial charge >= 0.3 is 5.97 Å². The smallest absolute Gasteiger partial charge is 0.358 e. The molecule has 0 radical (unpaired) electrons. The largest absolute Gasteiger partial charge is 0.476 e. The minimum atomic E-state index is -1.16. The van der Waals surface area contributed by atoms with Crippen molar-refractivity contribution in [3.05, 3.63) is 50.9 Å². The quantitative estimate of drug-likeness (QED) is 0.675. The van der Waals surface area contributed by atoms with Crippen LogP contribution < -0.4 is 0 Å². The van der Waals surface area contributed by atoms with E-state index < -0.39 is 5.97 Å². The molecule has 0 saturated heterocycles. The summed E-state index contributed by atoms with van der Waals surface area (Å²) in [7, 11) is 0. The van der Waals surface area contributed by atoms with Crippen molar-refractivity contribution in [3.63, 3.8) is 0 Å². The Labute approximate surface area is 137 Å². The van der Waals surface area contributed by atoms with E-state index in [1.54, 1.807) is 18.2 Å². The molecule has 106 valence electrons. The van der Waals surface area contributed by atoms with E-state index in [1.807, 2.05) is 17.5 Å². The van der Waals surface area contributed by atoms with Crippen molar-refractivity contribution in [2.45, 2.75) is 0 Å². The molecule has 0 unspecified atom stereocenters. The molecule has 0 spiro atoms. The third-order valence-corrected chi connectivity index (χ3v) is 4.91. The molecule has 0 fully saturated rings. The van der Waals surface area contributed by atoms with E-state index in [9.17, 15) is 9.90 Å². The first-order valence-electron chi connectivity index (χ1n) is 5.80. The van der Waals surface area contributed by atoms with Crippen molar-refractivity contribution in [1.29, 1.82) is 0 Å². The van der Waals surface area contributed by atoms with Gasteiger partial charge < -0.3 is 9.52 Å². The van der Waals surface area contributed by atoms with Gasteiger partial charge in [-0.2, -0.15) is 0 Å². The van der Waals surface area contributed by atoms with E-state index in [0.717, 1.165) is 4.88 Å². The van der Waals surface area contributed by atoms with Gasteiger partial charge in [-0.25, -0.2) is 9.78 Å². The number of hydrogen-bond acceptors (Lipinski definition) is 4. The number of aromatic carboxylic acids is 1. The Bertz CT molecular complexity index is 814. The lowest BCUT2D eigenvalue weighted by atomic mass is 10.1. The molecular weight excluding hydrogens is 378 g/mol. The zero-order valence-corrected chi connectivity index (χ0v) is 13.5. The van der Waals surface area contributed by atoms with Crippen LogP contribution in [0.5, 0.6) is 0 Å². The fourth-order valence-corrected chi connectivity index (χ4v) is 3.06. The van der Waals surface area contributed by atoms with Crippen molar-refractivity contribution < 1.29 is 14.3 Å². The van der Waals surface area contributed by atoms with E-state index in [-0.39, 0.29) is 17.3 Å². The van der Waals surface area contributed by atoms with Crippen LogP contribution in [0, 0.1) is 0 Å². The number of carbonyl (C=O) groups is 1. The number of hydrogen-bond donors (Lipinski definition) is 1. The van der Waals surface area contributed by atoms with Gasteiger partial charge in [-0.05, 0) is 39.5 Å². The zero-order valence-electron chi connectivity index (χ0n) is 10.3. The maximum atomic E-state index is 11.4. The lowest BCUT2D eigenvalue weighted by molar-refractivity contribution is 0.0691. The highest BCUT2D eigenvalue weighted by atomic mass is 79.9. The molecular formula is C14H7BrClNO3S. The molecule has 0 saturated carbocycles.